The average Bonchev–Trinajstić information content (AvgIpc) is 3.11. The molecule has 36 heavy (non-hydrogen) atoms. The molecule has 2 aliphatic heterocycles. The Labute approximate surface area is 239 Å². The second-order valence-corrected chi connectivity index (χ2v) is 16.0. The van der Waals surface area contributed by atoms with E-state index >= 15 is 0 Å². The Kier molecular flexibility index (Phi) is 11.8. The van der Waals surface area contributed by atoms with Gasteiger partial charge in [-0.2, -0.15) is 18.8 Å². The van der Waals surface area contributed by atoms with Gasteiger partial charge in [-0.15, -0.1) is 0 Å². The van der Waals surface area contributed by atoms with E-state index in [1.165, 1.54) is 12.0 Å². The number of halogens is 2. The number of aromatic hydroxyl groups is 1. The topological polar surface area (TPSA) is 26.7 Å². The van der Waals surface area contributed by atoms with Crippen molar-refractivity contribution >= 4 is 18.6 Å². The van der Waals surface area contributed by atoms with E-state index in [4.69, 9.17) is 18.6 Å². The van der Waals surface area contributed by atoms with Crippen LogP contribution in [0.5, 0.6) is 5.75 Å². The molecule has 0 radical (unpaired) electrons. The van der Waals surface area contributed by atoms with Gasteiger partial charge in [-0.3, -0.25) is 9.80 Å². The van der Waals surface area contributed by atoms with E-state index in [2.05, 4.69) is 98.1 Å². The molecular weight excluding hydrogens is 523 g/mol. The molecule has 0 spiro atoms. The van der Waals surface area contributed by atoms with Gasteiger partial charge in [0.1, 0.15) is 5.75 Å². The molecule has 0 aromatic heterocycles. The van der Waals surface area contributed by atoms with Crippen LogP contribution in [0, 0.1) is 29.6 Å². The molecule has 3 nitrogen and oxygen atoms in total. The number of hydrogen-bond donors (Lipinski definition) is 1. The molecule has 1 aromatic rings. The summed E-state index contributed by atoms with van der Waals surface area (Å²) in [6.07, 6.45) is 1.50. The Balaban J connectivity index is 0.000000292. The van der Waals surface area contributed by atoms with Gasteiger partial charge in [0.25, 0.3) is 0 Å². The summed E-state index contributed by atoms with van der Waals surface area (Å²) in [5.74, 6) is 5.72. The molecule has 2 heterocycles. The predicted octanol–water partition coefficient (Wildman–Crippen LogP) is 8.52. The molecule has 6 heteroatoms. The van der Waals surface area contributed by atoms with Crippen LogP contribution in [-0.4, -0.2) is 41.1 Å². The molecule has 206 valence electrons. The van der Waals surface area contributed by atoms with Crippen LogP contribution in [0.25, 0.3) is 0 Å². The molecule has 6 unspecified atom stereocenters. The maximum atomic E-state index is 11.1. The SMILES string of the molecule is CC(C)(C)c1cc(C2N3CCCN2CC3)c(O)c(C(C)(C)C)c1.C[C-]1C(C)C(C)C(C)C1C.[Cl][Ti][Cl]. The van der Waals surface area contributed by atoms with E-state index in [9.17, 15) is 5.11 Å². The number of nitrogens with zero attached hydrogens (tertiary/aromatic N) is 2. The monoisotopic (exact) mass is 573 g/mol. The summed E-state index contributed by atoms with van der Waals surface area (Å²) >= 11 is -0.556. The summed E-state index contributed by atoms with van der Waals surface area (Å²) in [5, 5.41) is 11.1. The van der Waals surface area contributed by atoms with Crippen LogP contribution in [0.3, 0.4) is 0 Å². The quantitative estimate of drug-likeness (QED) is 0.269. The molecule has 0 amide bonds. The van der Waals surface area contributed by atoms with Gasteiger partial charge < -0.3 is 11.0 Å². The third-order valence-corrected chi connectivity index (χ3v) is 9.19. The van der Waals surface area contributed by atoms with Crippen LogP contribution in [0.15, 0.2) is 12.1 Å². The van der Waals surface area contributed by atoms with Crippen molar-refractivity contribution in [2.45, 2.75) is 99.6 Å². The minimum absolute atomic E-state index is 0.0571. The van der Waals surface area contributed by atoms with E-state index in [1.807, 2.05) is 0 Å². The zero-order valence-electron chi connectivity index (χ0n) is 24.7. The van der Waals surface area contributed by atoms with E-state index in [0.29, 0.717) is 5.75 Å². The standard InChI is InChI=1S/C20H32N2O.C10H19.2ClH.Ti/c1-19(2,3)14-12-15(17(23)16(13-14)20(4,5)6)18-21-8-7-9-22(18)11-10-21;1-6-7(2)9(4)10(5)8(6)3;;;/h12-13,18,23H,7-11H2,1-6H3;6-9H,1-5H3;2*1H;/q;-1;;;+2/p-2. The predicted molar refractivity (Wildman–Crippen MR) is 153 cm³/mol. The average molecular weight is 575 g/mol. The number of phenolic OH excluding ortho intramolecular Hbond substituents is 1. The molecule has 4 rings (SSSR count). The van der Waals surface area contributed by atoms with E-state index in [0.717, 1.165) is 61.0 Å². The minimum atomic E-state index is -0.556. The van der Waals surface area contributed by atoms with Crippen molar-refractivity contribution < 1.29 is 22.1 Å². The zero-order valence-corrected chi connectivity index (χ0v) is 27.7. The van der Waals surface area contributed by atoms with Crippen molar-refractivity contribution in [2.75, 3.05) is 26.2 Å². The molecule has 1 aromatic carbocycles. The first-order chi connectivity index (χ1) is 16.6. The summed E-state index contributed by atoms with van der Waals surface area (Å²) in [4.78, 5) is 5.05. The molecule has 6 atom stereocenters. The van der Waals surface area contributed by atoms with E-state index in [-0.39, 0.29) is 17.0 Å². The Bertz CT molecular complexity index is 790. The van der Waals surface area contributed by atoms with Crippen molar-refractivity contribution in [3.63, 3.8) is 0 Å². The third-order valence-electron chi connectivity index (χ3n) is 9.19. The Morgan fingerprint density at radius 2 is 1.28 bits per heavy atom. The Morgan fingerprint density at radius 1 is 0.833 bits per heavy atom. The Morgan fingerprint density at radius 3 is 1.61 bits per heavy atom. The summed E-state index contributed by atoms with van der Waals surface area (Å²) < 4.78 is 0. The Hall–Kier alpha value is 0.234. The summed E-state index contributed by atoms with van der Waals surface area (Å²) in [5.41, 5.74) is 3.54. The van der Waals surface area contributed by atoms with Gasteiger partial charge in [0.05, 0.1) is 6.17 Å². The van der Waals surface area contributed by atoms with E-state index < -0.39 is 17.0 Å². The first kappa shape index (κ1) is 32.4. The molecular formula is C30H51Cl2N2OTi-. The molecule has 3 fully saturated rings. The molecule has 2 saturated heterocycles. The van der Waals surface area contributed by atoms with Gasteiger partial charge in [-0.25, -0.2) is 0 Å². The van der Waals surface area contributed by atoms with Crippen LogP contribution in [0.2, 0.25) is 0 Å². The van der Waals surface area contributed by atoms with Crippen LogP contribution < -0.4 is 0 Å². The number of phenols is 1. The van der Waals surface area contributed by atoms with Crippen LogP contribution in [-0.2, 0) is 27.9 Å². The van der Waals surface area contributed by atoms with Gasteiger partial charge in [0.2, 0.25) is 0 Å². The van der Waals surface area contributed by atoms with Crippen molar-refractivity contribution in [3.05, 3.63) is 34.7 Å². The molecule has 3 aliphatic rings. The summed E-state index contributed by atoms with van der Waals surface area (Å²) in [6, 6.07) is 4.47. The second kappa shape index (κ2) is 13.1. The summed E-state index contributed by atoms with van der Waals surface area (Å²) in [7, 11) is 9.78. The number of benzene rings is 1. The van der Waals surface area contributed by atoms with Gasteiger partial charge in [0, 0.05) is 31.7 Å². The zero-order chi connectivity index (χ0) is 27.6. The first-order valence-electron chi connectivity index (χ1n) is 13.7. The van der Waals surface area contributed by atoms with Gasteiger partial charge in [-0.1, -0.05) is 87.1 Å². The molecule has 2 bridgehead atoms. The fraction of sp³-hybridized carbons (Fsp3) is 0.767. The summed E-state index contributed by atoms with van der Waals surface area (Å²) in [6.45, 7) is 29.7. The van der Waals surface area contributed by atoms with Crippen LogP contribution in [0.4, 0.5) is 0 Å². The molecule has 1 aliphatic carbocycles. The van der Waals surface area contributed by atoms with Gasteiger partial charge in [0.15, 0.2) is 0 Å². The third kappa shape index (κ3) is 7.45. The van der Waals surface area contributed by atoms with Crippen molar-refractivity contribution in [1.82, 2.24) is 9.80 Å². The number of rotatable bonds is 1. The normalized spacial score (nSPS) is 32.3. The van der Waals surface area contributed by atoms with E-state index in [1.54, 1.807) is 5.92 Å². The van der Waals surface area contributed by atoms with Gasteiger partial charge in [-0.05, 0) is 34.4 Å². The van der Waals surface area contributed by atoms with Crippen LogP contribution >= 0.6 is 18.6 Å². The molecule has 1 N–H and O–H groups in total. The van der Waals surface area contributed by atoms with Crippen LogP contribution in [0.1, 0.15) is 105 Å². The van der Waals surface area contributed by atoms with Gasteiger partial charge >= 0.3 is 35.6 Å². The number of hydrogen-bond acceptors (Lipinski definition) is 3. The van der Waals surface area contributed by atoms with Crippen molar-refractivity contribution in [3.8, 4) is 5.75 Å². The fourth-order valence-corrected chi connectivity index (χ4v) is 6.08. The fourth-order valence-electron chi connectivity index (χ4n) is 6.08. The van der Waals surface area contributed by atoms with Crippen molar-refractivity contribution in [1.29, 1.82) is 0 Å². The first-order valence-corrected chi connectivity index (χ1v) is 18.0. The van der Waals surface area contributed by atoms with Crippen molar-refractivity contribution in [2.24, 2.45) is 23.7 Å². The molecule has 1 saturated carbocycles. The number of fused-ring (bicyclic) bond motifs is 2. The maximum absolute atomic E-state index is 11.1. The second-order valence-electron chi connectivity index (χ2n) is 13.4.